The summed E-state index contributed by atoms with van der Waals surface area (Å²) in [6.45, 7) is 4.15. The van der Waals surface area contributed by atoms with E-state index in [4.69, 9.17) is 10.7 Å². The Morgan fingerprint density at radius 3 is 2.61 bits per heavy atom. The molecule has 2 aromatic carbocycles. The second-order valence-electron chi connectivity index (χ2n) is 9.82. The van der Waals surface area contributed by atoms with E-state index in [1.165, 1.54) is 17.7 Å². The van der Waals surface area contributed by atoms with Gasteiger partial charge in [-0.15, -0.1) is 0 Å². The molecule has 0 bridgehead atoms. The summed E-state index contributed by atoms with van der Waals surface area (Å²) < 4.78 is 17.3. The lowest BCUT2D eigenvalue weighted by Gasteiger charge is -2.22. The maximum atomic E-state index is 15.2. The lowest BCUT2D eigenvalue weighted by Crippen LogP contribution is -2.26. The van der Waals surface area contributed by atoms with Crippen LogP contribution >= 0.6 is 0 Å². The molecule has 5 N–H and O–H groups in total. The number of hydrogen-bond acceptors (Lipinski definition) is 5. The van der Waals surface area contributed by atoms with Crippen molar-refractivity contribution in [1.29, 1.82) is 0 Å². The van der Waals surface area contributed by atoms with Gasteiger partial charge in [0.15, 0.2) is 0 Å². The molecule has 196 valence electrons. The number of anilines is 3. The van der Waals surface area contributed by atoms with Crippen molar-refractivity contribution >= 4 is 34.3 Å². The topological polar surface area (TPSA) is 109 Å². The Labute approximate surface area is 221 Å². The first-order valence-electron chi connectivity index (χ1n) is 12.8. The monoisotopic (exact) mass is 513 g/mol. The molecule has 0 spiro atoms. The van der Waals surface area contributed by atoms with Crippen LogP contribution in [0.3, 0.4) is 0 Å². The predicted octanol–water partition coefficient (Wildman–Crippen LogP) is 6.04. The summed E-state index contributed by atoms with van der Waals surface area (Å²) in [6.07, 6.45) is 6.95. The highest BCUT2D eigenvalue weighted by atomic mass is 19.1. The second kappa shape index (κ2) is 10.6. The number of amides is 2. The molecule has 1 atom stereocenters. The second-order valence-corrected chi connectivity index (χ2v) is 9.82. The zero-order valence-corrected chi connectivity index (χ0v) is 21.8. The van der Waals surface area contributed by atoms with Gasteiger partial charge >= 0.3 is 6.03 Å². The molecule has 1 aliphatic rings. The van der Waals surface area contributed by atoms with Crippen LogP contribution < -0.4 is 21.7 Å². The number of aromatic nitrogens is 3. The maximum absolute atomic E-state index is 15.2. The van der Waals surface area contributed by atoms with Gasteiger partial charge in [0.2, 0.25) is 0 Å². The van der Waals surface area contributed by atoms with E-state index in [2.05, 4.69) is 45.3 Å². The van der Waals surface area contributed by atoms with Crippen LogP contribution in [0.15, 0.2) is 60.8 Å². The van der Waals surface area contributed by atoms with Crippen LogP contribution in [0.4, 0.5) is 26.4 Å². The molecular formula is C29H32FN7O. The number of hydrogen-bond donors (Lipinski definition) is 4. The molecule has 4 aromatic rings. The van der Waals surface area contributed by atoms with E-state index in [9.17, 15) is 4.79 Å². The minimum Gasteiger partial charge on any atom is -0.382 e. The average molecular weight is 514 g/mol. The van der Waals surface area contributed by atoms with E-state index in [1.54, 1.807) is 18.2 Å². The zero-order chi connectivity index (χ0) is 26.8. The number of para-hydroxylation sites is 1. The number of carbonyl (C=O) groups is 1. The Morgan fingerprint density at radius 1 is 1.16 bits per heavy atom. The summed E-state index contributed by atoms with van der Waals surface area (Å²) in [5.74, 6) is 0.686. The third kappa shape index (κ3) is 4.97. The molecule has 0 radical (unpaired) electrons. The van der Waals surface area contributed by atoms with Crippen LogP contribution in [0.5, 0.6) is 0 Å². The lowest BCUT2D eigenvalue weighted by atomic mass is 9.93. The van der Waals surface area contributed by atoms with Gasteiger partial charge < -0.3 is 21.7 Å². The van der Waals surface area contributed by atoms with E-state index in [-0.39, 0.29) is 11.6 Å². The number of nitrogens with zero attached hydrogens (tertiary/aromatic N) is 3. The van der Waals surface area contributed by atoms with Gasteiger partial charge in [0, 0.05) is 23.2 Å². The Balaban J connectivity index is 1.51. The molecular weight excluding hydrogens is 481 g/mol. The average Bonchev–Trinajstić information content (AvgIpc) is 3.33. The van der Waals surface area contributed by atoms with E-state index >= 15 is 4.39 Å². The lowest BCUT2D eigenvalue weighted by molar-refractivity contribution is 0.262. The summed E-state index contributed by atoms with van der Waals surface area (Å²) in [4.78, 5) is 21.8. The smallest absolute Gasteiger partial charge is 0.323 e. The first-order valence-corrected chi connectivity index (χ1v) is 12.8. The Morgan fingerprint density at radius 2 is 1.95 bits per heavy atom. The molecule has 0 fully saturated rings. The number of benzene rings is 2. The molecule has 1 aliphatic carbocycles. The number of nitrogen functional groups attached to an aromatic ring is 1. The van der Waals surface area contributed by atoms with Gasteiger partial charge in [-0.2, -0.15) is 0 Å². The van der Waals surface area contributed by atoms with Crippen molar-refractivity contribution < 1.29 is 9.18 Å². The van der Waals surface area contributed by atoms with Crippen molar-refractivity contribution in [2.45, 2.75) is 45.1 Å². The van der Waals surface area contributed by atoms with Gasteiger partial charge in [-0.25, -0.2) is 19.2 Å². The molecule has 0 aliphatic heterocycles. The van der Waals surface area contributed by atoms with Crippen molar-refractivity contribution in [3.63, 3.8) is 0 Å². The number of nitrogens with one attached hydrogen (secondary N) is 3. The maximum Gasteiger partial charge on any atom is 0.323 e. The van der Waals surface area contributed by atoms with Crippen LogP contribution in [0, 0.1) is 5.82 Å². The van der Waals surface area contributed by atoms with Gasteiger partial charge in [0.05, 0.1) is 17.6 Å². The first kappa shape index (κ1) is 25.4. The van der Waals surface area contributed by atoms with Crippen LogP contribution in [0.2, 0.25) is 0 Å². The summed E-state index contributed by atoms with van der Waals surface area (Å²) in [6, 6.07) is 13.5. The molecule has 2 aromatic heterocycles. The fraction of sp³-hybridized carbons (Fsp3) is 0.276. The predicted molar refractivity (Wildman–Crippen MR) is 151 cm³/mol. The fourth-order valence-electron chi connectivity index (χ4n) is 4.88. The van der Waals surface area contributed by atoms with Gasteiger partial charge in [0.1, 0.15) is 28.7 Å². The number of imidazole rings is 1. The molecule has 38 heavy (non-hydrogen) atoms. The summed E-state index contributed by atoms with van der Waals surface area (Å²) in [7, 11) is 1.99. The van der Waals surface area contributed by atoms with Crippen LogP contribution in [-0.4, -0.2) is 33.5 Å². The Kier molecular flexibility index (Phi) is 7.11. The van der Waals surface area contributed by atoms with E-state index in [0.717, 1.165) is 30.8 Å². The number of allylic oxidation sites excluding steroid dienone is 1. The SMILES string of the molecule is CNC1CC=C(c2cnc(N)c3c(-c4ccc(NC(=O)Nc5ccccc5)c(F)c4)nc(C(C)C)n23)CC1. The van der Waals surface area contributed by atoms with Gasteiger partial charge in [0.25, 0.3) is 0 Å². The number of urea groups is 1. The van der Waals surface area contributed by atoms with Crippen molar-refractivity contribution in [1.82, 2.24) is 19.7 Å². The van der Waals surface area contributed by atoms with Crippen LogP contribution in [0.25, 0.3) is 22.3 Å². The van der Waals surface area contributed by atoms with Crippen molar-refractivity contribution in [3.8, 4) is 11.3 Å². The number of halogens is 1. The number of carbonyl (C=O) groups excluding carboxylic acids is 1. The normalized spacial score (nSPS) is 15.5. The van der Waals surface area contributed by atoms with Gasteiger partial charge in [-0.1, -0.05) is 44.2 Å². The summed E-state index contributed by atoms with van der Waals surface area (Å²) in [5.41, 5.74) is 11.0. The van der Waals surface area contributed by atoms with Gasteiger partial charge in [-0.3, -0.25) is 4.40 Å². The number of rotatable bonds is 6. The molecule has 2 heterocycles. The molecule has 2 amide bonds. The fourth-order valence-corrected chi connectivity index (χ4v) is 4.88. The zero-order valence-electron chi connectivity index (χ0n) is 21.8. The Hall–Kier alpha value is -4.24. The highest BCUT2D eigenvalue weighted by molar-refractivity contribution is 6.00. The summed E-state index contributed by atoms with van der Waals surface area (Å²) >= 11 is 0. The number of nitrogens with two attached hydrogens (primary N) is 1. The van der Waals surface area contributed by atoms with Crippen molar-refractivity contribution in [2.24, 2.45) is 0 Å². The third-order valence-corrected chi connectivity index (χ3v) is 6.90. The molecule has 9 heteroatoms. The molecule has 8 nitrogen and oxygen atoms in total. The largest absolute Gasteiger partial charge is 0.382 e. The van der Waals surface area contributed by atoms with Gasteiger partial charge in [-0.05, 0) is 56.1 Å². The van der Waals surface area contributed by atoms with Crippen molar-refractivity contribution in [3.05, 3.63) is 78.1 Å². The Bertz CT molecular complexity index is 1510. The standard InChI is InChI=1S/C29H32FN7O/c1-17(2)28-36-25(26-27(31)33-16-24(37(26)28)18-9-12-20(32-3)13-10-18)19-11-14-23(22(30)15-19)35-29(38)34-21-7-5-4-6-8-21/h4-9,11,14-17,20,32H,10,12-13H2,1-3H3,(H2,31,33)(H2,34,35,38). The summed E-state index contributed by atoms with van der Waals surface area (Å²) in [5, 5.41) is 8.60. The van der Waals surface area contributed by atoms with Crippen LogP contribution in [-0.2, 0) is 0 Å². The molecule has 0 saturated carbocycles. The van der Waals surface area contributed by atoms with Crippen molar-refractivity contribution in [2.75, 3.05) is 23.4 Å². The highest BCUT2D eigenvalue weighted by Gasteiger charge is 2.24. The van der Waals surface area contributed by atoms with E-state index in [0.29, 0.717) is 34.3 Å². The highest BCUT2D eigenvalue weighted by Crippen LogP contribution is 2.36. The van der Waals surface area contributed by atoms with E-state index < -0.39 is 11.8 Å². The molecule has 5 rings (SSSR count). The molecule has 0 saturated heterocycles. The molecule has 1 unspecified atom stereocenters. The quantitative estimate of drug-likeness (QED) is 0.251. The minimum atomic E-state index is -0.575. The van der Waals surface area contributed by atoms with E-state index in [1.807, 2.05) is 31.4 Å². The first-order chi connectivity index (χ1) is 18.4. The number of fused-ring (bicyclic) bond motifs is 1. The third-order valence-electron chi connectivity index (χ3n) is 6.90. The van der Waals surface area contributed by atoms with Crippen LogP contribution in [0.1, 0.15) is 50.5 Å². The minimum absolute atomic E-state index is 0.0630.